The van der Waals surface area contributed by atoms with Gasteiger partial charge in [0.05, 0.1) is 0 Å². The molecule has 2 aromatic carbocycles. The number of fused-ring (bicyclic) bond motifs is 1. The predicted octanol–water partition coefficient (Wildman–Crippen LogP) is 2.53. The van der Waals surface area contributed by atoms with Crippen molar-refractivity contribution in [2.45, 2.75) is 13.0 Å². The lowest BCUT2D eigenvalue weighted by molar-refractivity contribution is 0.743. The number of halogens is 1. The lowest BCUT2D eigenvalue weighted by atomic mass is 9.96. The zero-order valence-corrected chi connectivity index (χ0v) is 10.1. The Hall–Kier alpha value is -1.09. The maximum absolute atomic E-state index is 5.99. The van der Waals surface area contributed by atoms with Crippen molar-refractivity contribution in [1.29, 1.82) is 0 Å². The van der Waals surface area contributed by atoms with Gasteiger partial charge in [0.25, 0.3) is 0 Å². The van der Waals surface area contributed by atoms with Crippen LogP contribution in [0.4, 0.5) is 0 Å². The molecule has 0 fully saturated rings. The average molecular weight is 237 g/mol. The third-order valence-corrected chi connectivity index (χ3v) is 2.83. The average Bonchev–Trinajstić information content (AvgIpc) is 2.29. The van der Waals surface area contributed by atoms with Crippen LogP contribution in [-0.4, -0.2) is 6.54 Å². The summed E-state index contributed by atoms with van der Waals surface area (Å²) in [5.41, 5.74) is 14.0. The zero-order valence-electron chi connectivity index (χ0n) is 9.31. The number of rotatable bonds is 2. The van der Waals surface area contributed by atoms with Crippen molar-refractivity contribution in [3.8, 4) is 0 Å². The van der Waals surface area contributed by atoms with E-state index in [0.717, 1.165) is 5.56 Å². The minimum atomic E-state index is -0.0736. The Kier molecular flexibility index (Phi) is 4.30. The van der Waals surface area contributed by atoms with Crippen molar-refractivity contribution in [3.05, 3.63) is 47.5 Å². The van der Waals surface area contributed by atoms with Crippen LogP contribution in [-0.2, 0) is 0 Å². The van der Waals surface area contributed by atoms with Gasteiger partial charge in [-0.3, -0.25) is 0 Å². The van der Waals surface area contributed by atoms with Gasteiger partial charge in [-0.1, -0.05) is 36.4 Å². The highest BCUT2D eigenvalue weighted by Crippen LogP contribution is 2.25. The highest BCUT2D eigenvalue weighted by Gasteiger charge is 2.08. The normalized spacial score (nSPS) is 12.2. The van der Waals surface area contributed by atoms with Gasteiger partial charge < -0.3 is 11.5 Å². The van der Waals surface area contributed by atoms with Crippen LogP contribution in [0.5, 0.6) is 0 Å². The Balaban J connectivity index is 0.00000128. The molecule has 0 aliphatic rings. The van der Waals surface area contributed by atoms with Gasteiger partial charge in [0.2, 0.25) is 0 Å². The van der Waals surface area contributed by atoms with Gasteiger partial charge in [0.1, 0.15) is 0 Å². The quantitative estimate of drug-likeness (QED) is 0.842. The number of nitrogens with two attached hydrogens (primary N) is 2. The molecule has 0 saturated carbocycles. The fourth-order valence-corrected chi connectivity index (χ4v) is 1.92. The molecular weight excluding hydrogens is 220 g/mol. The summed E-state index contributed by atoms with van der Waals surface area (Å²) in [6.45, 7) is 2.59. The number of hydrogen-bond acceptors (Lipinski definition) is 2. The van der Waals surface area contributed by atoms with Gasteiger partial charge in [0, 0.05) is 12.6 Å². The molecule has 0 bridgehead atoms. The second-order valence-corrected chi connectivity index (χ2v) is 3.86. The Bertz CT molecular complexity index is 482. The van der Waals surface area contributed by atoms with Crippen molar-refractivity contribution in [3.63, 3.8) is 0 Å². The Morgan fingerprint density at radius 3 is 2.31 bits per heavy atom. The molecule has 86 valence electrons. The fourth-order valence-electron chi connectivity index (χ4n) is 1.92. The molecule has 3 heteroatoms. The molecule has 2 aromatic rings. The minimum Gasteiger partial charge on any atom is -0.329 e. The fraction of sp³-hybridized carbons (Fsp3) is 0.231. The largest absolute Gasteiger partial charge is 0.329 e. The predicted molar refractivity (Wildman–Crippen MR) is 71.9 cm³/mol. The minimum absolute atomic E-state index is 0. The molecule has 0 aliphatic heterocycles. The van der Waals surface area contributed by atoms with Gasteiger partial charge in [0.15, 0.2) is 0 Å². The maximum atomic E-state index is 5.99. The Morgan fingerprint density at radius 2 is 1.69 bits per heavy atom. The number of aryl methyl sites for hydroxylation is 1. The third kappa shape index (κ3) is 2.19. The van der Waals surface area contributed by atoms with Gasteiger partial charge in [-0.15, -0.1) is 12.4 Å². The van der Waals surface area contributed by atoms with E-state index in [1.807, 2.05) is 12.1 Å². The van der Waals surface area contributed by atoms with Gasteiger partial charge >= 0.3 is 0 Å². The van der Waals surface area contributed by atoms with E-state index in [2.05, 4.69) is 31.2 Å². The highest BCUT2D eigenvalue weighted by atomic mass is 35.5. The van der Waals surface area contributed by atoms with E-state index < -0.39 is 0 Å². The van der Waals surface area contributed by atoms with Gasteiger partial charge in [-0.25, -0.2) is 0 Å². The lowest BCUT2D eigenvalue weighted by Gasteiger charge is -2.13. The summed E-state index contributed by atoms with van der Waals surface area (Å²) in [6.07, 6.45) is 0. The molecule has 0 heterocycles. The van der Waals surface area contributed by atoms with Crippen LogP contribution in [0.2, 0.25) is 0 Å². The molecule has 2 nitrogen and oxygen atoms in total. The summed E-state index contributed by atoms with van der Waals surface area (Å²) in [6, 6.07) is 12.4. The second kappa shape index (κ2) is 5.30. The van der Waals surface area contributed by atoms with Crippen molar-refractivity contribution in [1.82, 2.24) is 0 Å². The zero-order chi connectivity index (χ0) is 10.8. The highest BCUT2D eigenvalue weighted by molar-refractivity contribution is 5.88. The van der Waals surface area contributed by atoms with Crippen molar-refractivity contribution < 1.29 is 0 Å². The number of benzene rings is 2. The van der Waals surface area contributed by atoms with Crippen LogP contribution in [0.25, 0.3) is 10.8 Å². The molecule has 1 atom stereocenters. The van der Waals surface area contributed by atoms with E-state index in [1.54, 1.807) is 0 Å². The van der Waals surface area contributed by atoms with Crippen LogP contribution in [0.3, 0.4) is 0 Å². The van der Waals surface area contributed by atoms with E-state index in [9.17, 15) is 0 Å². The molecule has 0 amide bonds. The monoisotopic (exact) mass is 236 g/mol. The molecule has 0 spiro atoms. The SMILES string of the molecule is Cc1ccc([C@H](N)CN)c2ccccc12.Cl. The van der Waals surface area contributed by atoms with Crippen LogP contribution in [0.15, 0.2) is 36.4 Å². The summed E-state index contributed by atoms with van der Waals surface area (Å²) in [5, 5.41) is 2.48. The van der Waals surface area contributed by atoms with Crippen LogP contribution < -0.4 is 11.5 Å². The molecular formula is C13H17ClN2. The van der Waals surface area contributed by atoms with Gasteiger partial charge in [-0.2, -0.15) is 0 Å². The molecule has 4 N–H and O–H groups in total. The number of hydrogen-bond donors (Lipinski definition) is 2. The van der Waals surface area contributed by atoms with Crippen LogP contribution >= 0.6 is 12.4 Å². The lowest BCUT2D eigenvalue weighted by Crippen LogP contribution is -2.20. The summed E-state index contributed by atoms with van der Waals surface area (Å²) in [5.74, 6) is 0. The van der Waals surface area contributed by atoms with Crippen molar-refractivity contribution in [2.24, 2.45) is 11.5 Å². The molecule has 0 unspecified atom stereocenters. The first-order valence-electron chi connectivity index (χ1n) is 5.18. The Labute approximate surface area is 102 Å². The summed E-state index contributed by atoms with van der Waals surface area (Å²) >= 11 is 0. The maximum Gasteiger partial charge on any atom is 0.0425 e. The first-order chi connectivity index (χ1) is 7.24. The summed E-state index contributed by atoms with van der Waals surface area (Å²) in [4.78, 5) is 0. The van der Waals surface area contributed by atoms with E-state index in [-0.39, 0.29) is 18.4 Å². The van der Waals surface area contributed by atoms with E-state index in [4.69, 9.17) is 11.5 Å². The summed E-state index contributed by atoms with van der Waals surface area (Å²) < 4.78 is 0. The molecule has 16 heavy (non-hydrogen) atoms. The summed E-state index contributed by atoms with van der Waals surface area (Å²) in [7, 11) is 0. The first-order valence-corrected chi connectivity index (χ1v) is 5.18. The van der Waals surface area contributed by atoms with Gasteiger partial charge in [-0.05, 0) is 28.8 Å². The van der Waals surface area contributed by atoms with Crippen LogP contribution in [0, 0.1) is 6.92 Å². The molecule has 0 aromatic heterocycles. The third-order valence-electron chi connectivity index (χ3n) is 2.83. The van der Waals surface area contributed by atoms with E-state index in [1.165, 1.54) is 16.3 Å². The smallest absolute Gasteiger partial charge is 0.0425 e. The second-order valence-electron chi connectivity index (χ2n) is 3.86. The molecule has 0 radical (unpaired) electrons. The first kappa shape index (κ1) is 13.0. The van der Waals surface area contributed by atoms with Crippen LogP contribution in [0.1, 0.15) is 17.2 Å². The van der Waals surface area contributed by atoms with Crippen molar-refractivity contribution >= 4 is 23.2 Å². The van der Waals surface area contributed by atoms with Crippen molar-refractivity contribution in [2.75, 3.05) is 6.54 Å². The Morgan fingerprint density at radius 1 is 1.06 bits per heavy atom. The van der Waals surface area contributed by atoms with E-state index >= 15 is 0 Å². The molecule has 0 aliphatic carbocycles. The molecule has 0 saturated heterocycles. The van der Waals surface area contributed by atoms with E-state index in [0.29, 0.717) is 6.54 Å². The topological polar surface area (TPSA) is 52.0 Å². The standard InChI is InChI=1S/C13H16N2.ClH/c1-9-6-7-12(13(15)8-14)11-5-3-2-4-10(9)11;/h2-7,13H,8,14-15H2,1H3;1H/t13-;/m1./s1. The molecule has 2 rings (SSSR count).